The van der Waals surface area contributed by atoms with Crippen LogP contribution in [-0.4, -0.2) is 12.1 Å². The van der Waals surface area contributed by atoms with Crippen LogP contribution in [0.1, 0.15) is 0 Å². The van der Waals surface area contributed by atoms with Gasteiger partial charge in [0.2, 0.25) is 0 Å². The first-order valence-corrected chi connectivity index (χ1v) is 2.72. The van der Waals surface area contributed by atoms with Gasteiger partial charge in [0.05, 0.1) is 5.88 Å². The van der Waals surface area contributed by atoms with Gasteiger partial charge in [-0.3, -0.25) is 4.99 Å². The van der Waals surface area contributed by atoms with Crippen LogP contribution in [0, 0.1) is 6.08 Å². The van der Waals surface area contributed by atoms with Crippen LogP contribution in [0.4, 0.5) is 0 Å². The van der Waals surface area contributed by atoms with E-state index >= 15 is 0 Å². The van der Waals surface area contributed by atoms with E-state index in [1.165, 1.54) is 0 Å². The monoisotopic (exact) mass is 98.0 g/mol. The second-order valence-corrected chi connectivity index (χ2v) is 1.72. The number of allylic oxidation sites excluding steroid dienone is 1. The fraction of sp³-hybridized carbons (Fsp3) is 0.250. The van der Waals surface area contributed by atoms with Crippen molar-refractivity contribution in [2.75, 3.05) is 5.88 Å². The first kappa shape index (κ1) is 3.93. The standard InChI is InChI=1S/C4H4NS/c1-2-5-4-6-3-1/h2-3H,4H2. The predicted octanol–water partition coefficient (Wildman–Crippen LogP) is 1.08. The van der Waals surface area contributed by atoms with Gasteiger partial charge in [-0.1, -0.05) is 0 Å². The summed E-state index contributed by atoms with van der Waals surface area (Å²) >= 11 is 1.66. The fourth-order valence-electron chi connectivity index (χ4n) is 0.249. The molecule has 0 fully saturated rings. The molecule has 0 atom stereocenters. The smallest absolute Gasteiger partial charge is 0.0884 e. The molecule has 1 radical (unpaired) electrons. The van der Waals surface area contributed by atoms with Crippen molar-refractivity contribution in [3.63, 3.8) is 0 Å². The van der Waals surface area contributed by atoms with Crippen LogP contribution in [-0.2, 0) is 0 Å². The van der Waals surface area contributed by atoms with E-state index in [1.807, 2.05) is 5.41 Å². The Morgan fingerprint density at radius 2 is 2.83 bits per heavy atom. The molecule has 1 aliphatic rings. The first-order chi connectivity index (χ1) is 3.00. The highest BCUT2D eigenvalue weighted by molar-refractivity contribution is 8.02. The lowest BCUT2D eigenvalue weighted by Gasteiger charge is -1.87. The summed E-state index contributed by atoms with van der Waals surface area (Å²) < 4.78 is 0. The van der Waals surface area contributed by atoms with E-state index in [4.69, 9.17) is 0 Å². The minimum Gasteiger partial charge on any atom is -0.281 e. The summed E-state index contributed by atoms with van der Waals surface area (Å²) in [5, 5.41) is 1.91. The molecule has 0 aliphatic carbocycles. The Kier molecular flexibility index (Phi) is 1.33. The van der Waals surface area contributed by atoms with Gasteiger partial charge in [-0.2, -0.15) is 0 Å². The second kappa shape index (κ2) is 2.03. The van der Waals surface area contributed by atoms with Crippen LogP contribution in [0.25, 0.3) is 0 Å². The number of aliphatic imine (C=N–C) groups is 1. The second-order valence-electron chi connectivity index (χ2n) is 0.892. The summed E-state index contributed by atoms with van der Waals surface area (Å²) in [6, 6.07) is 0. The number of rotatable bonds is 0. The van der Waals surface area contributed by atoms with Gasteiger partial charge in [0.25, 0.3) is 0 Å². The molecular weight excluding hydrogens is 94.1 g/mol. The molecule has 2 heteroatoms. The van der Waals surface area contributed by atoms with Crippen molar-refractivity contribution >= 4 is 18.0 Å². The zero-order chi connectivity index (χ0) is 4.24. The maximum absolute atomic E-state index is 3.87. The number of hydrogen-bond acceptors (Lipinski definition) is 2. The maximum atomic E-state index is 3.87. The van der Waals surface area contributed by atoms with Gasteiger partial charge in [0.15, 0.2) is 0 Å². The summed E-state index contributed by atoms with van der Waals surface area (Å²) in [5.74, 6) is 0.868. The van der Waals surface area contributed by atoms with E-state index in [1.54, 1.807) is 18.0 Å². The highest BCUT2D eigenvalue weighted by Gasteiger charge is 1.78. The molecule has 0 amide bonds. The van der Waals surface area contributed by atoms with Crippen LogP contribution in [0.15, 0.2) is 10.4 Å². The van der Waals surface area contributed by atoms with Gasteiger partial charge >= 0.3 is 0 Å². The van der Waals surface area contributed by atoms with Crippen LogP contribution in [0.5, 0.6) is 0 Å². The zero-order valence-corrected chi connectivity index (χ0v) is 4.03. The van der Waals surface area contributed by atoms with Gasteiger partial charge in [-0.15, -0.1) is 11.8 Å². The molecule has 1 heterocycles. The molecule has 31 valence electrons. The van der Waals surface area contributed by atoms with Crippen molar-refractivity contribution in [2.45, 2.75) is 0 Å². The molecule has 1 nitrogen and oxygen atoms in total. The van der Waals surface area contributed by atoms with E-state index in [2.05, 4.69) is 11.1 Å². The highest BCUT2D eigenvalue weighted by atomic mass is 32.2. The molecule has 1 aliphatic heterocycles. The molecule has 0 spiro atoms. The highest BCUT2D eigenvalue weighted by Crippen LogP contribution is 2.02. The van der Waals surface area contributed by atoms with Gasteiger partial charge < -0.3 is 0 Å². The SMILES string of the molecule is [C]1=CSCN=C1. The normalized spacial score (nSPS) is 18.7. The van der Waals surface area contributed by atoms with Crippen molar-refractivity contribution < 1.29 is 0 Å². The third kappa shape index (κ3) is 0.863. The summed E-state index contributed by atoms with van der Waals surface area (Å²) in [4.78, 5) is 3.87. The molecule has 0 saturated carbocycles. The van der Waals surface area contributed by atoms with E-state index < -0.39 is 0 Å². The van der Waals surface area contributed by atoms with Crippen molar-refractivity contribution in [1.82, 2.24) is 0 Å². The number of thioether (sulfide) groups is 1. The first-order valence-electron chi connectivity index (χ1n) is 1.68. The Bertz CT molecular complexity index is 73.5. The summed E-state index contributed by atoms with van der Waals surface area (Å²) in [6.45, 7) is 0. The Labute approximate surface area is 41.2 Å². The van der Waals surface area contributed by atoms with Crippen molar-refractivity contribution in [3.8, 4) is 0 Å². The molecular formula is C4H4NS. The third-order valence-electron chi connectivity index (χ3n) is 0.466. The number of hydrogen-bond donors (Lipinski definition) is 0. The topological polar surface area (TPSA) is 12.4 Å². The van der Waals surface area contributed by atoms with E-state index in [-0.39, 0.29) is 0 Å². The third-order valence-corrected chi connectivity index (χ3v) is 1.07. The van der Waals surface area contributed by atoms with Gasteiger partial charge in [-0.05, 0) is 5.41 Å². The fourth-order valence-corrected chi connectivity index (χ4v) is 0.641. The lowest BCUT2D eigenvalue weighted by Crippen LogP contribution is -1.75. The van der Waals surface area contributed by atoms with Gasteiger partial charge in [-0.25, -0.2) is 0 Å². The lowest BCUT2D eigenvalue weighted by molar-refractivity contribution is 1.40. The van der Waals surface area contributed by atoms with E-state index in [0.29, 0.717) is 0 Å². The Morgan fingerprint density at radius 1 is 1.83 bits per heavy atom. The van der Waals surface area contributed by atoms with Crippen molar-refractivity contribution in [3.05, 3.63) is 11.5 Å². The number of nitrogens with zero attached hydrogens (tertiary/aromatic N) is 1. The minimum absolute atomic E-state index is 0.868. The molecule has 0 saturated heterocycles. The van der Waals surface area contributed by atoms with Crippen LogP contribution >= 0.6 is 11.8 Å². The molecule has 6 heavy (non-hydrogen) atoms. The van der Waals surface area contributed by atoms with Crippen LogP contribution in [0.3, 0.4) is 0 Å². The zero-order valence-electron chi connectivity index (χ0n) is 3.22. The summed E-state index contributed by atoms with van der Waals surface area (Å²) in [7, 11) is 0. The largest absolute Gasteiger partial charge is 0.281 e. The molecule has 1 rings (SSSR count). The minimum atomic E-state index is 0.868. The Morgan fingerprint density at radius 3 is 3.00 bits per heavy atom. The van der Waals surface area contributed by atoms with Gasteiger partial charge in [0, 0.05) is 12.3 Å². The Balaban J connectivity index is 2.46. The lowest BCUT2D eigenvalue weighted by atomic mass is 10.7. The molecule has 0 N–H and O–H groups in total. The molecule has 0 aromatic rings. The molecule has 0 unspecified atom stereocenters. The quantitative estimate of drug-likeness (QED) is 0.441. The molecule has 0 aromatic carbocycles. The summed E-state index contributed by atoms with van der Waals surface area (Å²) in [6.07, 6.45) is 4.52. The van der Waals surface area contributed by atoms with Crippen molar-refractivity contribution in [2.24, 2.45) is 4.99 Å². The predicted molar refractivity (Wildman–Crippen MR) is 28.8 cm³/mol. The molecule has 0 bridgehead atoms. The van der Waals surface area contributed by atoms with E-state index in [0.717, 1.165) is 5.88 Å². The van der Waals surface area contributed by atoms with Crippen molar-refractivity contribution in [1.29, 1.82) is 0 Å². The van der Waals surface area contributed by atoms with E-state index in [9.17, 15) is 0 Å². The Hall–Kier alpha value is -0.240. The van der Waals surface area contributed by atoms with Gasteiger partial charge in [0.1, 0.15) is 0 Å². The summed E-state index contributed by atoms with van der Waals surface area (Å²) in [5.41, 5.74) is 0. The molecule has 0 aromatic heterocycles. The maximum Gasteiger partial charge on any atom is 0.0884 e. The van der Waals surface area contributed by atoms with Crippen LogP contribution < -0.4 is 0 Å². The average molecular weight is 98.1 g/mol. The van der Waals surface area contributed by atoms with Crippen LogP contribution in [0.2, 0.25) is 0 Å². The average Bonchev–Trinajstić information content (AvgIpc) is 1.72.